The molecule has 0 unspecified atom stereocenters. The molecule has 0 nitrogen and oxygen atoms in total. The Kier molecular flexibility index (Phi) is 27.3. The summed E-state index contributed by atoms with van der Waals surface area (Å²) in [5.41, 5.74) is 18.9. The number of fused-ring (bicyclic) bond motifs is 2. The standard InChI is InChI=1S/2C13H10.2C13H21.2C9H11.2ClH.2Zr/c2*1-3-7-12(8-4-1)11-13-9-5-2-6-10-13;2*1-12(2,3)10-8-7-9-11(10)13(4,5)6;2*1-2-5-9-7-3-6-8(9)4-1;;;;/h2*1-10H;2*8H,9H2,1-6H3;2*3,6-7H,1-2,4-5H2;2*1H;;/q;;4*-1;;;2*+2/p-2. The van der Waals surface area contributed by atoms with Crippen molar-refractivity contribution in [2.45, 2.75) is 147 Å². The molecule has 4 aliphatic rings. The predicted octanol–water partition coefficient (Wildman–Crippen LogP) is 12.5. The molecular formula is C70H84Cl2Zr2-2. The van der Waals surface area contributed by atoms with Crippen LogP contribution in [0.4, 0.5) is 0 Å². The van der Waals surface area contributed by atoms with Gasteiger partial charge in [-0.1, -0.05) is 145 Å². The minimum Gasteiger partial charge on any atom is -0.210 e. The fourth-order valence-corrected chi connectivity index (χ4v) is 11.2. The molecule has 74 heavy (non-hydrogen) atoms. The Morgan fingerprint density at radius 2 is 0.649 bits per heavy atom. The number of allylic oxidation sites excluding steroid dienone is 8. The first-order valence-electron chi connectivity index (χ1n) is 26.6. The van der Waals surface area contributed by atoms with Gasteiger partial charge in [0.1, 0.15) is 0 Å². The van der Waals surface area contributed by atoms with Crippen LogP contribution in [0.3, 0.4) is 0 Å². The van der Waals surface area contributed by atoms with Crippen LogP contribution >= 0.6 is 0 Å². The Bertz CT molecular complexity index is 2400. The normalized spacial score (nSPS) is 14.5. The number of benzene rings is 4. The van der Waals surface area contributed by atoms with E-state index in [0.717, 1.165) is 12.8 Å². The summed E-state index contributed by atoms with van der Waals surface area (Å²) in [5, 5.41) is 0. The number of halogens is 2. The second-order valence-corrected chi connectivity index (χ2v) is 26.1. The maximum atomic E-state index is 3.34. The molecule has 0 saturated carbocycles. The van der Waals surface area contributed by atoms with Gasteiger partial charge in [0, 0.05) is 0 Å². The fourth-order valence-electron chi connectivity index (χ4n) is 9.53. The summed E-state index contributed by atoms with van der Waals surface area (Å²) in [5.74, 6) is 0. The fraction of sp³-hybridized carbons (Fsp3) is 0.371. The minimum atomic E-state index is 0. The quantitative estimate of drug-likeness (QED) is 0.154. The van der Waals surface area contributed by atoms with E-state index < -0.39 is 0 Å². The Morgan fingerprint density at radius 1 is 0.378 bits per heavy atom. The van der Waals surface area contributed by atoms with Crippen LogP contribution in [0.15, 0.2) is 192 Å². The number of aryl methyl sites for hydroxylation is 4. The van der Waals surface area contributed by atoms with Gasteiger partial charge in [-0.25, -0.2) is 24.3 Å². The summed E-state index contributed by atoms with van der Waals surface area (Å²) >= 11 is 2.92. The Morgan fingerprint density at radius 3 is 0.878 bits per heavy atom. The minimum absolute atomic E-state index is 0. The van der Waals surface area contributed by atoms with Crippen molar-refractivity contribution >= 4 is 6.41 Å². The van der Waals surface area contributed by atoms with Gasteiger partial charge in [-0.15, -0.1) is 12.8 Å². The zero-order chi connectivity index (χ0) is 52.4. The van der Waals surface area contributed by atoms with Crippen molar-refractivity contribution in [2.75, 3.05) is 0 Å². The van der Waals surface area contributed by atoms with Gasteiger partial charge in [0.05, 0.1) is 0 Å². The molecule has 4 heteroatoms. The third kappa shape index (κ3) is 20.9. The Balaban J connectivity index is 0.000000234. The van der Waals surface area contributed by atoms with Crippen LogP contribution in [-0.4, -0.2) is 6.41 Å². The van der Waals surface area contributed by atoms with Gasteiger partial charge in [-0.3, -0.25) is 12.2 Å². The van der Waals surface area contributed by atoms with E-state index in [1.54, 1.807) is 33.4 Å². The molecule has 6 aromatic rings. The van der Waals surface area contributed by atoms with E-state index in [4.69, 9.17) is 0 Å². The first kappa shape index (κ1) is 64.9. The second-order valence-electron chi connectivity index (χ2n) is 23.6. The zero-order valence-electron chi connectivity index (χ0n) is 47.0. The van der Waals surface area contributed by atoms with E-state index >= 15 is 0 Å². The molecular weight excluding hydrogens is 1090 g/mol. The number of hydrogen-bond donors (Lipinski definition) is 0. The van der Waals surface area contributed by atoms with Crippen molar-refractivity contribution in [2.24, 2.45) is 21.7 Å². The van der Waals surface area contributed by atoms with E-state index in [2.05, 4.69) is 265 Å². The molecule has 0 atom stereocenters. The molecule has 0 bridgehead atoms. The van der Waals surface area contributed by atoms with Crippen molar-refractivity contribution in [1.29, 1.82) is 0 Å². The van der Waals surface area contributed by atoms with Crippen LogP contribution in [0.1, 0.15) is 166 Å². The summed E-state index contributed by atoms with van der Waals surface area (Å²) < 4.78 is 2.83. The number of hydrogen-bond acceptors (Lipinski definition) is 0. The summed E-state index contributed by atoms with van der Waals surface area (Å²) in [6, 6.07) is 55.6. The van der Waals surface area contributed by atoms with E-state index in [1.165, 1.54) is 140 Å². The maximum absolute atomic E-state index is 3.34. The van der Waals surface area contributed by atoms with E-state index in [0.29, 0.717) is 10.8 Å². The molecule has 0 radical (unpaired) electrons. The smallest absolute Gasteiger partial charge is 0.0512 e. The van der Waals surface area contributed by atoms with Crippen LogP contribution in [0.2, 0.25) is 0 Å². The molecule has 0 spiro atoms. The molecule has 0 fully saturated rings. The summed E-state index contributed by atoms with van der Waals surface area (Å²) in [6.45, 7) is 27.4. The molecule has 6 aromatic carbocycles. The second kappa shape index (κ2) is 31.1. The van der Waals surface area contributed by atoms with Crippen LogP contribution in [0.5, 0.6) is 0 Å². The van der Waals surface area contributed by atoms with Gasteiger partial charge >= 0.3 is 198 Å². The van der Waals surface area contributed by atoms with E-state index in [1.807, 2.05) is 0 Å². The van der Waals surface area contributed by atoms with Gasteiger partial charge in [-0.05, 0) is 10.8 Å². The van der Waals surface area contributed by atoms with Crippen molar-refractivity contribution in [3.8, 4) is 0 Å². The topological polar surface area (TPSA) is 0 Å². The zero-order valence-corrected chi connectivity index (χ0v) is 53.4. The third-order valence-electron chi connectivity index (χ3n) is 13.7. The average molecular weight is 1180 g/mol. The Hall–Kier alpha value is -3.37. The van der Waals surface area contributed by atoms with Crippen LogP contribution in [0.25, 0.3) is 0 Å². The largest absolute Gasteiger partial charge is 0.210 e. The average Bonchev–Trinajstić information content (AvgIpc) is 4.23. The van der Waals surface area contributed by atoms with Crippen LogP contribution < -0.4 is 24.8 Å². The molecule has 0 heterocycles. The first-order valence-corrected chi connectivity index (χ1v) is 29.1. The van der Waals surface area contributed by atoms with E-state index in [9.17, 15) is 0 Å². The van der Waals surface area contributed by atoms with Gasteiger partial charge in [0.25, 0.3) is 0 Å². The van der Waals surface area contributed by atoms with Gasteiger partial charge < -0.3 is 24.8 Å². The van der Waals surface area contributed by atoms with Crippen LogP contribution in [0, 0.1) is 33.8 Å². The summed E-state index contributed by atoms with van der Waals surface area (Å²) in [4.78, 5) is 0. The molecule has 0 aromatic heterocycles. The molecule has 0 saturated heterocycles. The van der Waals surface area contributed by atoms with Gasteiger partial charge in [-0.2, -0.15) is 68.8 Å². The first-order chi connectivity index (χ1) is 34.1. The van der Waals surface area contributed by atoms with Crippen molar-refractivity contribution in [3.05, 3.63) is 249 Å². The molecule has 0 amide bonds. The maximum Gasteiger partial charge on any atom is -0.0512 e. The SMILES string of the molecule is CC(C)(C)C1=C(C(C)(C)C)C[C-]=C1.CC(C)(C)C1=C(C(C)(C)C)C[C-]=C1.[Cl-].[Cl-].[Zr+2]=[C](c1ccccc1)c1ccccc1.[Zr+2]=[C](c1ccccc1)c1ccccc1.c1cc2c([cH-]1)CCCC2.c1cc2c([cH-]1)CCCC2. The Labute approximate surface area is 493 Å². The third-order valence-corrected chi connectivity index (χ3v) is 16.5. The summed E-state index contributed by atoms with van der Waals surface area (Å²) in [6.07, 6.45) is 24.0. The molecule has 388 valence electrons. The van der Waals surface area contributed by atoms with Crippen molar-refractivity contribution in [1.82, 2.24) is 0 Å². The van der Waals surface area contributed by atoms with Crippen molar-refractivity contribution < 1.29 is 73.3 Å². The van der Waals surface area contributed by atoms with E-state index in [-0.39, 0.29) is 35.6 Å². The van der Waals surface area contributed by atoms with Crippen LogP contribution in [-0.2, 0) is 74.2 Å². The monoisotopic (exact) mass is 1170 g/mol. The summed E-state index contributed by atoms with van der Waals surface area (Å²) in [7, 11) is 0. The molecule has 4 aliphatic carbocycles. The number of rotatable bonds is 4. The van der Waals surface area contributed by atoms with Gasteiger partial charge in [0.15, 0.2) is 0 Å². The predicted molar refractivity (Wildman–Crippen MR) is 306 cm³/mol. The molecule has 0 aliphatic heterocycles. The van der Waals surface area contributed by atoms with Gasteiger partial charge in [0.2, 0.25) is 0 Å². The molecule has 0 N–H and O–H groups in total. The van der Waals surface area contributed by atoms with Crippen molar-refractivity contribution in [3.63, 3.8) is 0 Å². The molecule has 10 rings (SSSR count).